The second-order valence-electron chi connectivity index (χ2n) is 6.21. The van der Waals surface area contributed by atoms with Crippen molar-refractivity contribution in [2.45, 2.75) is 32.2 Å². The van der Waals surface area contributed by atoms with Crippen LogP contribution in [0.25, 0.3) is 0 Å². The van der Waals surface area contributed by atoms with Gasteiger partial charge in [-0.2, -0.15) is 13.2 Å². The number of carbonyl (C=O) groups is 1. The van der Waals surface area contributed by atoms with Crippen LogP contribution in [0.5, 0.6) is 0 Å². The van der Waals surface area contributed by atoms with Crippen LogP contribution in [-0.4, -0.2) is 66.3 Å². The van der Waals surface area contributed by atoms with Gasteiger partial charge in [-0.25, -0.2) is 0 Å². The molecule has 0 radical (unpaired) electrons. The zero-order valence-corrected chi connectivity index (χ0v) is 15.0. The van der Waals surface area contributed by atoms with E-state index in [1.165, 1.54) is 6.07 Å². The number of morpholine rings is 1. The molecule has 146 valence electrons. The molecule has 2 unspecified atom stereocenters. The van der Waals surface area contributed by atoms with Crippen molar-refractivity contribution in [3.63, 3.8) is 0 Å². The van der Waals surface area contributed by atoms with E-state index in [0.29, 0.717) is 31.8 Å². The number of hydrogen-bond donors (Lipinski definition) is 1. The maximum atomic E-state index is 13.1. The Morgan fingerprint density at radius 1 is 1.38 bits per heavy atom. The molecule has 2 rings (SSSR count). The lowest BCUT2D eigenvalue weighted by atomic mass is 10.00. The highest BCUT2D eigenvalue weighted by atomic mass is 19.4. The van der Waals surface area contributed by atoms with Crippen LogP contribution >= 0.6 is 0 Å². The molecule has 5 nitrogen and oxygen atoms in total. The number of nitrogens with zero attached hydrogens (tertiary/aromatic N) is 2. The van der Waals surface area contributed by atoms with Crippen molar-refractivity contribution in [1.29, 1.82) is 0 Å². The molecule has 1 N–H and O–H groups in total. The van der Waals surface area contributed by atoms with E-state index in [2.05, 4.69) is 0 Å². The van der Waals surface area contributed by atoms with Crippen LogP contribution in [0.1, 0.15) is 31.0 Å². The van der Waals surface area contributed by atoms with Gasteiger partial charge in [-0.05, 0) is 30.8 Å². The highest BCUT2D eigenvalue weighted by Crippen LogP contribution is 2.32. The Kier molecular flexibility index (Phi) is 7.02. The van der Waals surface area contributed by atoms with E-state index < -0.39 is 23.9 Å². The van der Waals surface area contributed by atoms with Crippen LogP contribution < -0.4 is 0 Å². The molecule has 0 aliphatic carbocycles. The second kappa shape index (κ2) is 8.83. The number of aliphatic hydroxyl groups excluding tert-OH is 1. The van der Waals surface area contributed by atoms with Crippen LogP contribution in [0.4, 0.5) is 13.2 Å². The first kappa shape index (κ1) is 20.7. The maximum Gasteiger partial charge on any atom is 0.416 e. The molecule has 1 aliphatic heterocycles. The number of amides is 1. The molecule has 1 amide bonds. The van der Waals surface area contributed by atoms with E-state index in [0.717, 1.165) is 12.1 Å². The van der Waals surface area contributed by atoms with Crippen LogP contribution in [0.2, 0.25) is 0 Å². The van der Waals surface area contributed by atoms with Gasteiger partial charge in [0.25, 0.3) is 0 Å². The number of likely N-dealkylation sites (N-methyl/N-ethyl adjacent to an activating group) is 1. The number of alkyl halides is 3. The van der Waals surface area contributed by atoms with Crippen molar-refractivity contribution in [1.82, 2.24) is 9.80 Å². The van der Waals surface area contributed by atoms with Gasteiger partial charge in [0.05, 0.1) is 24.9 Å². The quantitative estimate of drug-likeness (QED) is 0.830. The van der Waals surface area contributed by atoms with Gasteiger partial charge < -0.3 is 14.7 Å². The summed E-state index contributed by atoms with van der Waals surface area (Å²) in [5.74, 6) is -0.269. The first-order valence-corrected chi connectivity index (χ1v) is 8.74. The molecule has 1 aromatic carbocycles. The average Bonchev–Trinajstić information content (AvgIpc) is 2.65. The summed E-state index contributed by atoms with van der Waals surface area (Å²) in [4.78, 5) is 16.5. The van der Waals surface area contributed by atoms with Crippen LogP contribution in [0.3, 0.4) is 0 Å². The van der Waals surface area contributed by atoms with Crippen LogP contribution in [0.15, 0.2) is 24.3 Å². The highest BCUT2D eigenvalue weighted by molar-refractivity contribution is 5.83. The maximum absolute atomic E-state index is 13.1. The second-order valence-corrected chi connectivity index (χ2v) is 6.21. The van der Waals surface area contributed by atoms with Crippen LogP contribution in [0, 0.1) is 0 Å². The molecule has 0 aromatic heterocycles. The normalized spacial score (nSPS) is 19.7. The molecule has 26 heavy (non-hydrogen) atoms. The molecule has 1 fully saturated rings. The molecule has 0 bridgehead atoms. The molecule has 0 saturated carbocycles. The minimum atomic E-state index is -4.46. The van der Waals surface area contributed by atoms with Crippen molar-refractivity contribution in [3.05, 3.63) is 35.4 Å². The fraction of sp³-hybridized carbons (Fsp3) is 0.611. The summed E-state index contributed by atoms with van der Waals surface area (Å²) in [5, 5.41) is 9.28. The van der Waals surface area contributed by atoms with E-state index in [1.807, 2.05) is 18.7 Å². The summed E-state index contributed by atoms with van der Waals surface area (Å²) >= 11 is 0. The summed E-state index contributed by atoms with van der Waals surface area (Å²) in [7, 11) is 0. The number of halogens is 3. The molecule has 1 aliphatic rings. The van der Waals surface area contributed by atoms with Gasteiger partial charge in [0.1, 0.15) is 6.04 Å². The van der Waals surface area contributed by atoms with Gasteiger partial charge in [0, 0.05) is 13.1 Å². The predicted octanol–water partition coefficient (Wildman–Crippen LogP) is 2.31. The Morgan fingerprint density at radius 3 is 2.65 bits per heavy atom. The van der Waals surface area contributed by atoms with Gasteiger partial charge in [-0.15, -0.1) is 0 Å². The summed E-state index contributed by atoms with van der Waals surface area (Å²) in [6, 6.07) is 4.14. The molecule has 1 aromatic rings. The van der Waals surface area contributed by atoms with Crippen molar-refractivity contribution in [3.8, 4) is 0 Å². The summed E-state index contributed by atoms with van der Waals surface area (Å²) in [6.07, 6.45) is -4.93. The number of hydrogen-bond acceptors (Lipinski definition) is 4. The molecule has 1 saturated heterocycles. The minimum Gasteiger partial charge on any atom is -0.394 e. The van der Waals surface area contributed by atoms with Gasteiger partial charge >= 0.3 is 6.18 Å². The molecule has 0 spiro atoms. The predicted molar refractivity (Wildman–Crippen MR) is 90.5 cm³/mol. The number of benzene rings is 1. The first-order chi connectivity index (χ1) is 12.3. The Hall–Kier alpha value is -1.64. The minimum absolute atomic E-state index is 0.205. The third-order valence-electron chi connectivity index (χ3n) is 4.60. The zero-order valence-electron chi connectivity index (χ0n) is 15.0. The monoisotopic (exact) mass is 374 g/mol. The number of ether oxygens (including phenoxy) is 1. The average molecular weight is 374 g/mol. The van der Waals surface area contributed by atoms with Crippen LogP contribution in [-0.2, 0) is 15.7 Å². The third-order valence-corrected chi connectivity index (χ3v) is 4.60. The van der Waals surface area contributed by atoms with Gasteiger partial charge in [0.2, 0.25) is 5.91 Å². The van der Waals surface area contributed by atoms with Crippen molar-refractivity contribution in [2.75, 3.05) is 39.4 Å². The van der Waals surface area contributed by atoms with Gasteiger partial charge in [0.15, 0.2) is 0 Å². The number of carbonyl (C=O) groups excluding carboxylic acids is 1. The third kappa shape index (κ3) is 4.75. The van der Waals surface area contributed by atoms with E-state index >= 15 is 0 Å². The lowest BCUT2D eigenvalue weighted by Gasteiger charge is -2.37. The number of aliphatic hydroxyl groups is 1. The van der Waals surface area contributed by atoms with Crippen molar-refractivity contribution in [2.24, 2.45) is 0 Å². The summed E-state index contributed by atoms with van der Waals surface area (Å²) in [5.41, 5.74) is -0.448. The lowest BCUT2D eigenvalue weighted by molar-refractivity contribution is -0.146. The smallest absolute Gasteiger partial charge is 0.394 e. The fourth-order valence-electron chi connectivity index (χ4n) is 3.19. The molecule has 8 heteroatoms. The lowest BCUT2D eigenvalue weighted by Crippen LogP contribution is -2.51. The molecule has 2 atom stereocenters. The fourth-order valence-corrected chi connectivity index (χ4v) is 3.19. The highest BCUT2D eigenvalue weighted by Gasteiger charge is 2.35. The topological polar surface area (TPSA) is 53.0 Å². The van der Waals surface area contributed by atoms with Crippen molar-refractivity contribution < 1.29 is 27.8 Å². The SMILES string of the molecule is CCN(CC)C(C(=O)N1CCOC(CO)C1)c1cccc(C(F)(F)F)c1. The first-order valence-electron chi connectivity index (χ1n) is 8.74. The zero-order chi connectivity index (χ0) is 19.3. The van der Waals surface area contributed by atoms with Crippen molar-refractivity contribution >= 4 is 5.91 Å². The van der Waals surface area contributed by atoms with E-state index in [1.54, 1.807) is 11.0 Å². The van der Waals surface area contributed by atoms with E-state index in [4.69, 9.17) is 4.74 Å². The summed E-state index contributed by atoms with van der Waals surface area (Å²) in [6.45, 7) is 5.46. The van der Waals surface area contributed by atoms with Gasteiger partial charge in [-0.3, -0.25) is 9.69 Å². The van der Waals surface area contributed by atoms with E-state index in [-0.39, 0.29) is 19.1 Å². The Morgan fingerprint density at radius 2 is 2.08 bits per heavy atom. The standard InChI is InChI=1S/C18H25F3N2O3/c1-3-22(4-2)16(13-6-5-7-14(10-13)18(19,20)21)17(25)23-8-9-26-15(11-23)12-24/h5-7,10,15-16,24H,3-4,8-9,11-12H2,1-2H3. The largest absolute Gasteiger partial charge is 0.416 e. The van der Waals surface area contributed by atoms with E-state index in [9.17, 15) is 23.1 Å². The molecular formula is C18H25F3N2O3. The Labute approximate surface area is 151 Å². The Bertz CT molecular complexity index is 606. The number of rotatable bonds is 6. The summed E-state index contributed by atoms with van der Waals surface area (Å²) < 4.78 is 44.7. The molecule has 1 heterocycles. The molecular weight excluding hydrogens is 349 g/mol. The van der Waals surface area contributed by atoms with Gasteiger partial charge in [-0.1, -0.05) is 26.0 Å². The Balaban J connectivity index is 2.36.